The lowest BCUT2D eigenvalue weighted by molar-refractivity contribution is 0.103. The summed E-state index contributed by atoms with van der Waals surface area (Å²) >= 11 is 6.16. The number of carbonyl (C=O) groups is 1. The van der Waals surface area contributed by atoms with E-state index in [1.807, 2.05) is 19.1 Å². The highest BCUT2D eigenvalue weighted by atomic mass is 35.5. The molecule has 3 nitrogen and oxygen atoms in total. The number of benzene rings is 2. The highest BCUT2D eigenvalue weighted by Gasteiger charge is 2.17. The number of ether oxygens (including phenoxy) is 2. The third-order valence-corrected chi connectivity index (χ3v) is 3.34. The van der Waals surface area contributed by atoms with Gasteiger partial charge in [-0.15, -0.1) is 0 Å². The highest BCUT2D eigenvalue weighted by Crippen LogP contribution is 2.34. The van der Waals surface area contributed by atoms with Crippen LogP contribution in [-0.4, -0.2) is 20.0 Å². The van der Waals surface area contributed by atoms with Crippen LogP contribution in [0.25, 0.3) is 0 Å². The number of methoxy groups -OCH3 is 2. The van der Waals surface area contributed by atoms with E-state index in [0.717, 1.165) is 5.56 Å². The van der Waals surface area contributed by atoms with Crippen LogP contribution < -0.4 is 9.47 Å². The van der Waals surface area contributed by atoms with Gasteiger partial charge in [0, 0.05) is 17.2 Å². The fourth-order valence-electron chi connectivity index (χ4n) is 1.89. The normalized spacial score (nSPS) is 10.2. The van der Waals surface area contributed by atoms with Crippen LogP contribution in [0, 0.1) is 6.92 Å². The first-order valence-corrected chi connectivity index (χ1v) is 6.47. The van der Waals surface area contributed by atoms with E-state index in [4.69, 9.17) is 21.1 Å². The first-order valence-electron chi connectivity index (χ1n) is 6.09. The van der Waals surface area contributed by atoms with Crippen molar-refractivity contribution in [2.45, 2.75) is 6.92 Å². The lowest BCUT2D eigenvalue weighted by Gasteiger charge is -2.11. The number of halogens is 1. The highest BCUT2D eigenvalue weighted by molar-refractivity contribution is 6.35. The van der Waals surface area contributed by atoms with E-state index in [9.17, 15) is 4.79 Å². The standard InChI is InChI=1S/C16H15ClO3/c1-10-4-6-11(7-5-10)16(18)12-8-14(19-2)15(20-3)9-13(12)17/h4-9H,1-3H3. The smallest absolute Gasteiger partial charge is 0.194 e. The summed E-state index contributed by atoms with van der Waals surface area (Å²) in [5.74, 6) is 0.835. The van der Waals surface area contributed by atoms with Gasteiger partial charge in [-0.1, -0.05) is 41.4 Å². The summed E-state index contributed by atoms with van der Waals surface area (Å²) in [6, 6.07) is 10.5. The predicted molar refractivity (Wildman–Crippen MR) is 79.2 cm³/mol. The molecular weight excluding hydrogens is 276 g/mol. The molecule has 0 aliphatic heterocycles. The maximum Gasteiger partial charge on any atom is 0.194 e. The van der Waals surface area contributed by atoms with Gasteiger partial charge in [0.15, 0.2) is 17.3 Å². The van der Waals surface area contributed by atoms with Crippen LogP contribution in [0.5, 0.6) is 11.5 Å². The van der Waals surface area contributed by atoms with Gasteiger partial charge in [-0.2, -0.15) is 0 Å². The van der Waals surface area contributed by atoms with Gasteiger partial charge in [-0.25, -0.2) is 0 Å². The van der Waals surface area contributed by atoms with Gasteiger partial charge in [-0.05, 0) is 13.0 Å². The van der Waals surface area contributed by atoms with E-state index in [1.165, 1.54) is 14.2 Å². The zero-order chi connectivity index (χ0) is 14.7. The largest absolute Gasteiger partial charge is 0.493 e. The molecule has 0 fully saturated rings. The predicted octanol–water partition coefficient (Wildman–Crippen LogP) is 3.90. The van der Waals surface area contributed by atoms with Crippen molar-refractivity contribution in [1.82, 2.24) is 0 Å². The van der Waals surface area contributed by atoms with Gasteiger partial charge in [0.25, 0.3) is 0 Å². The Morgan fingerprint density at radius 1 is 1.00 bits per heavy atom. The molecule has 2 aromatic rings. The molecule has 0 heterocycles. The Labute approximate surface area is 123 Å². The van der Waals surface area contributed by atoms with E-state index in [1.54, 1.807) is 24.3 Å². The van der Waals surface area contributed by atoms with Crippen LogP contribution >= 0.6 is 11.6 Å². The van der Waals surface area contributed by atoms with Crippen LogP contribution in [-0.2, 0) is 0 Å². The van der Waals surface area contributed by atoms with Gasteiger partial charge in [0.1, 0.15) is 0 Å². The van der Waals surface area contributed by atoms with Crippen LogP contribution in [0.3, 0.4) is 0 Å². The molecule has 4 heteroatoms. The van der Waals surface area contributed by atoms with E-state index >= 15 is 0 Å². The molecule has 0 aliphatic rings. The summed E-state index contributed by atoms with van der Waals surface area (Å²) in [6.45, 7) is 1.97. The molecule has 2 aromatic carbocycles. The second-order valence-electron chi connectivity index (χ2n) is 4.38. The Hall–Kier alpha value is -2.00. The Bertz CT molecular complexity index is 633. The van der Waals surface area contributed by atoms with E-state index in [0.29, 0.717) is 27.6 Å². The Kier molecular flexibility index (Phi) is 4.30. The number of ketones is 1. The number of hydrogen-bond acceptors (Lipinski definition) is 3. The molecule has 0 unspecified atom stereocenters. The number of carbonyl (C=O) groups excluding carboxylic acids is 1. The first-order chi connectivity index (χ1) is 9.56. The summed E-state index contributed by atoms with van der Waals surface area (Å²) < 4.78 is 10.4. The minimum absolute atomic E-state index is 0.143. The van der Waals surface area contributed by atoms with E-state index in [-0.39, 0.29) is 5.78 Å². The molecule has 2 rings (SSSR count). The molecule has 104 valence electrons. The summed E-state index contributed by atoms with van der Waals surface area (Å²) in [4.78, 5) is 12.5. The zero-order valence-corrected chi connectivity index (χ0v) is 12.3. The second kappa shape index (κ2) is 5.97. The average Bonchev–Trinajstić information content (AvgIpc) is 2.47. The van der Waals surface area contributed by atoms with Crippen molar-refractivity contribution in [2.24, 2.45) is 0 Å². The fourth-order valence-corrected chi connectivity index (χ4v) is 2.13. The average molecular weight is 291 g/mol. The van der Waals surface area contributed by atoms with Gasteiger partial charge < -0.3 is 9.47 Å². The molecule has 0 aliphatic carbocycles. The van der Waals surface area contributed by atoms with Crippen molar-refractivity contribution in [3.05, 3.63) is 58.1 Å². The maximum atomic E-state index is 12.5. The third-order valence-electron chi connectivity index (χ3n) is 3.03. The molecule has 0 bridgehead atoms. The number of aryl methyl sites for hydroxylation is 1. The molecule has 0 aromatic heterocycles. The molecule has 0 amide bonds. The lowest BCUT2D eigenvalue weighted by atomic mass is 10.0. The molecule has 20 heavy (non-hydrogen) atoms. The van der Waals surface area contributed by atoms with Crippen molar-refractivity contribution in [1.29, 1.82) is 0 Å². The topological polar surface area (TPSA) is 35.5 Å². The van der Waals surface area contributed by atoms with Gasteiger partial charge in [-0.3, -0.25) is 4.79 Å². The minimum atomic E-state index is -0.143. The van der Waals surface area contributed by atoms with E-state index in [2.05, 4.69) is 0 Å². The van der Waals surface area contributed by atoms with Crippen LogP contribution in [0.1, 0.15) is 21.5 Å². The lowest BCUT2D eigenvalue weighted by Crippen LogP contribution is -2.03. The van der Waals surface area contributed by atoms with Crippen molar-refractivity contribution in [3.8, 4) is 11.5 Å². The first kappa shape index (κ1) is 14.4. The Morgan fingerprint density at radius 2 is 1.55 bits per heavy atom. The van der Waals surface area contributed by atoms with Crippen molar-refractivity contribution in [3.63, 3.8) is 0 Å². The van der Waals surface area contributed by atoms with Crippen molar-refractivity contribution < 1.29 is 14.3 Å². The van der Waals surface area contributed by atoms with Crippen LogP contribution in [0.2, 0.25) is 5.02 Å². The Balaban J connectivity index is 2.46. The third kappa shape index (κ3) is 2.78. The van der Waals surface area contributed by atoms with Crippen LogP contribution in [0.15, 0.2) is 36.4 Å². The molecule has 0 radical (unpaired) electrons. The molecule has 0 atom stereocenters. The molecular formula is C16H15ClO3. The van der Waals surface area contributed by atoms with E-state index < -0.39 is 0 Å². The molecule has 0 spiro atoms. The van der Waals surface area contributed by atoms with Gasteiger partial charge in [0.2, 0.25) is 0 Å². The fraction of sp³-hybridized carbons (Fsp3) is 0.188. The monoisotopic (exact) mass is 290 g/mol. The van der Waals surface area contributed by atoms with Crippen LogP contribution in [0.4, 0.5) is 0 Å². The molecule has 0 N–H and O–H groups in total. The SMILES string of the molecule is COc1cc(Cl)c(C(=O)c2ccc(C)cc2)cc1OC. The summed E-state index contributed by atoms with van der Waals surface area (Å²) in [5.41, 5.74) is 2.08. The molecule has 0 saturated heterocycles. The number of rotatable bonds is 4. The van der Waals surface area contributed by atoms with Gasteiger partial charge in [0.05, 0.1) is 19.2 Å². The molecule has 0 saturated carbocycles. The van der Waals surface area contributed by atoms with Crippen molar-refractivity contribution in [2.75, 3.05) is 14.2 Å². The summed E-state index contributed by atoms with van der Waals surface area (Å²) in [7, 11) is 3.04. The van der Waals surface area contributed by atoms with Gasteiger partial charge >= 0.3 is 0 Å². The quantitative estimate of drug-likeness (QED) is 0.801. The summed E-state index contributed by atoms with van der Waals surface area (Å²) in [5, 5.41) is 0.341. The second-order valence-corrected chi connectivity index (χ2v) is 4.79. The minimum Gasteiger partial charge on any atom is -0.493 e. The summed E-state index contributed by atoms with van der Waals surface area (Å²) in [6.07, 6.45) is 0. The van der Waals surface area contributed by atoms with Crippen molar-refractivity contribution >= 4 is 17.4 Å². The zero-order valence-electron chi connectivity index (χ0n) is 11.6. The maximum absolute atomic E-state index is 12.5. The Morgan fingerprint density at radius 3 is 2.10 bits per heavy atom. The number of hydrogen-bond donors (Lipinski definition) is 0.